The van der Waals surface area contributed by atoms with Gasteiger partial charge in [0, 0.05) is 0 Å². The average Bonchev–Trinajstić information content (AvgIpc) is 2.33. The van der Waals surface area contributed by atoms with E-state index in [9.17, 15) is 14.4 Å². The molecule has 0 saturated heterocycles. The normalized spacial score (nSPS) is 12.6. The molecule has 6 N–H and O–H groups in total. The average molecular weight is 310 g/mol. The first kappa shape index (κ1) is 21.0. The third-order valence-electron chi connectivity index (χ3n) is 1.87. The molecular formula is C11H22N2O6S. The maximum absolute atomic E-state index is 10.6. The zero-order valence-electron chi connectivity index (χ0n) is 11.5. The van der Waals surface area contributed by atoms with E-state index in [1.165, 1.54) is 6.92 Å². The number of aliphatic carboxylic acids is 2. The summed E-state index contributed by atoms with van der Waals surface area (Å²) in [6.45, 7) is 1.06. The van der Waals surface area contributed by atoms with E-state index < -0.39 is 36.5 Å². The number of carboxylic acid groups (broad SMARTS) is 2. The van der Waals surface area contributed by atoms with Gasteiger partial charge in [-0.15, -0.1) is 0 Å². The Hall–Kier alpha value is -1.32. The fraction of sp³-hybridized carbons (Fsp3) is 0.727. The highest BCUT2D eigenvalue weighted by Gasteiger charge is 2.09. The van der Waals surface area contributed by atoms with Crippen LogP contribution in [0.15, 0.2) is 0 Å². The lowest BCUT2D eigenvalue weighted by atomic mass is 10.2. The number of hydrogen-bond acceptors (Lipinski definition) is 6. The maximum Gasteiger partial charge on any atom is 0.322 e. The van der Waals surface area contributed by atoms with Gasteiger partial charge in [-0.05, 0) is 25.4 Å². The molecule has 0 aromatic carbocycles. The van der Waals surface area contributed by atoms with Gasteiger partial charge >= 0.3 is 11.9 Å². The van der Waals surface area contributed by atoms with Crippen LogP contribution in [0.3, 0.4) is 0 Å². The first-order valence-corrected chi connectivity index (χ1v) is 7.24. The molecule has 20 heavy (non-hydrogen) atoms. The molecule has 9 heteroatoms. The van der Waals surface area contributed by atoms with Crippen LogP contribution in [0, 0.1) is 0 Å². The van der Waals surface area contributed by atoms with E-state index in [0.29, 0.717) is 6.42 Å². The predicted octanol–water partition coefficient (Wildman–Crippen LogP) is -0.890. The molecule has 0 bridgehead atoms. The summed E-state index contributed by atoms with van der Waals surface area (Å²) in [4.78, 5) is 30.6. The van der Waals surface area contributed by atoms with Crippen molar-refractivity contribution in [3.05, 3.63) is 0 Å². The van der Waals surface area contributed by atoms with Crippen LogP contribution >= 0.6 is 11.8 Å². The Morgan fingerprint density at radius 3 is 2.20 bits per heavy atom. The Bertz CT molecular complexity index is 311. The third kappa shape index (κ3) is 16.7. The van der Waals surface area contributed by atoms with Crippen LogP contribution in [-0.4, -0.2) is 63.9 Å². The molecule has 0 aliphatic carbocycles. The molecule has 0 aliphatic heterocycles. The van der Waals surface area contributed by atoms with Crippen molar-refractivity contribution in [2.45, 2.75) is 31.9 Å². The summed E-state index contributed by atoms with van der Waals surface area (Å²) in [6.07, 6.45) is 1.68. The molecule has 0 saturated carbocycles. The van der Waals surface area contributed by atoms with Crippen molar-refractivity contribution in [3.8, 4) is 0 Å². The third-order valence-corrected chi connectivity index (χ3v) is 2.51. The topological polar surface area (TPSA) is 150 Å². The largest absolute Gasteiger partial charge is 0.480 e. The first-order chi connectivity index (χ1) is 9.20. The molecule has 0 aromatic rings. The molecule has 0 spiro atoms. The Labute approximate surface area is 121 Å². The zero-order chi connectivity index (χ0) is 16.1. The number of rotatable bonds is 8. The van der Waals surface area contributed by atoms with Crippen LogP contribution in [0.25, 0.3) is 0 Å². The summed E-state index contributed by atoms with van der Waals surface area (Å²) in [5.74, 6) is -1.65. The molecule has 0 radical (unpaired) electrons. The highest BCUT2D eigenvalue weighted by molar-refractivity contribution is 7.98. The van der Waals surface area contributed by atoms with Gasteiger partial charge in [0.15, 0.2) is 0 Å². The van der Waals surface area contributed by atoms with Gasteiger partial charge in [-0.2, -0.15) is 11.8 Å². The molecule has 8 nitrogen and oxygen atoms in total. The number of thioether (sulfide) groups is 1. The number of amides is 1. The summed E-state index contributed by atoms with van der Waals surface area (Å²) in [5.41, 5.74) is 5.19. The van der Waals surface area contributed by atoms with Crippen molar-refractivity contribution < 1.29 is 29.7 Å². The van der Waals surface area contributed by atoms with E-state index in [-0.39, 0.29) is 6.42 Å². The molecule has 0 aromatic heterocycles. The van der Waals surface area contributed by atoms with E-state index in [0.717, 1.165) is 5.75 Å². The number of carboxylic acids is 2. The predicted molar refractivity (Wildman–Crippen MR) is 75.6 cm³/mol. The Morgan fingerprint density at radius 1 is 1.30 bits per heavy atom. The Morgan fingerprint density at radius 2 is 1.85 bits per heavy atom. The Balaban J connectivity index is 0. The van der Waals surface area contributed by atoms with E-state index >= 15 is 0 Å². The number of nitrogens with one attached hydrogen (secondary N) is 1. The van der Waals surface area contributed by atoms with Crippen molar-refractivity contribution in [1.82, 2.24) is 5.32 Å². The van der Waals surface area contributed by atoms with Crippen molar-refractivity contribution in [2.75, 3.05) is 18.6 Å². The summed E-state index contributed by atoms with van der Waals surface area (Å²) in [5, 5.41) is 27.2. The van der Waals surface area contributed by atoms with Gasteiger partial charge in [0.05, 0.1) is 12.5 Å². The molecule has 2 unspecified atom stereocenters. The van der Waals surface area contributed by atoms with E-state index in [4.69, 9.17) is 21.1 Å². The molecular weight excluding hydrogens is 288 g/mol. The van der Waals surface area contributed by atoms with Crippen molar-refractivity contribution in [1.29, 1.82) is 0 Å². The number of nitrogens with two attached hydrogens (primary N) is 1. The van der Waals surface area contributed by atoms with Crippen molar-refractivity contribution in [2.24, 2.45) is 5.73 Å². The molecule has 0 rings (SSSR count). The monoisotopic (exact) mass is 310 g/mol. The molecule has 0 heterocycles. The number of hydrogen-bond donors (Lipinski definition) is 5. The maximum atomic E-state index is 10.6. The fourth-order valence-electron chi connectivity index (χ4n) is 0.883. The summed E-state index contributed by atoms with van der Waals surface area (Å²) in [6, 6.07) is -0.683. The zero-order valence-corrected chi connectivity index (χ0v) is 12.4. The Kier molecular flexibility index (Phi) is 13.3. The molecule has 0 fully saturated rings. The van der Waals surface area contributed by atoms with Gasteiger partial charge in [0.2, 0.25) is 5.91 Å². The number of aliphatic hydroxyl groups excluding tert-OH is 1. The lowest BCUT2D eigenvalue weighted by molar-refractivity contribution is -0.139. The second kappa shape index (κ2) is 12.7. The van der Waals surface area contributed by atoms with Crippen LogP contribution in [0.4, 0.5) is 0 Å². The minimum Gasteiger partial charge on any atom is -0.480 e. The quantitative estimate of drug-likeness (QED) is 0.387. The SMILES string of the molecule is CC(O)CC(=O)NCC(=O)O.CSCCC(N)C(=O)O. The highest BCUT2D eigenvalue weighted by Crippen LogP contribution is 1.97. The van der Waals surface area contributed by atoms with Gasteiger partial charge in [-0.1, -0.05) is 0 Å². The van der Waals surface area contributed by atoms with Gasteiger partial charge in [0.1, 0.15) is 12.6 Å². The van der Waals surface area contributed by atoms with Crippen LogP contribution in [-0.2, 0) is 14.4 Å². The summed E-state index contributed by atoms with van der Waals surface area (Å²) >= 11 is 1.60. The summed E-state index contributed by atoms with van der Waals surface area (Å²) in [7, 11) is 0. The molecule has 0 aliphatic rings. The second-order valence-electron chi connectivity index (χ2n) is 3.95. The minimum atomic E-state index is -1.09. The standard InChI is InChI=1S/C6H11NO4.C5H11NO2S/c1-4(8)2-5(9)7-3-6(10)11;1-9-3-2-4(6)5(7)8/h4,8H,2-3H2,1H3,(H,7,9)(H,10,11);4H,2-3,6H2,1H3,(H,7,8). The second-order valence-corrected chi connectivity index (χ2v) is 4.94. The van der Waals surface area contributed by atoms with Gasteiger partial charge in [-0.25, -0.2) is 0 Å². The molecule has 2 atom stereocenters. The first-order valence-electron chi connectivity index (χ1n) is 5.84. The number of aliphatic hydroxyl groups is 1. The number of carbonyl (C=O) groups is 3. The van der Waals surface area contributed by atoms with E-state index in [1.54, 1.807) is 11.8 Å². The van der Waals surface area contributed by atoms with E-state index in [2.05, 4.69) is 5.32 Å². The van der Waals surface area contributed by atoms with Crippen LogP contribution in [0.1, 0.15) is 19.8 Å². The van der Waals surface area contributed by atoms with Gasteiger partial charge in [0.25, 0.3) is 0 Å². The van der Waals surface area contributed by atoms with E-state index in [1.807, 2.05) is 6.26 Å². The lowest BCUT2D eigenvalue weighted by Gasteiger charge is -2.03. The fourth-order valence-corrected chi connectivity index (χ4v) is 1.37. The van der Waals surface area contributed by atoms with Crippen LogP contribution < -0.4 is 11.1 Å². The highest BCUT2D eigenvalue weighted by atomic mass is 32.2. The smallest absolute Gasteiger partial charge is 0.322 e. The molecule has 1 amide bonds. The summed E-state index contributed by atoms with van der Waals surface area (Å²) < 4.78 is 0. The van der Waals surface area contributed by atoms with Crippen LogP contribution in [0.2, 0.25) is 0 Å². The van der Waals surface area contributed by atoms with Gasteiger partial charge in [-0.3, -0.25) is 14.4 Å². The molecule has 118 valence electrons. The lowest BCUT2D eigenvalue weighted by Crippen LogP contribution is -2.31. The van der Waals surface area contributed by atoms with Crippen molar-refractivity contribution >= 4 is 29.6 Å². The minimum absolute atomic E-state index is 0.0622. The van der Waals surface area contributed by atoms with Crippen molar-refractivity contribution in [3.63, 3.8) is 0 Å². The number of carbonyl (C=O) groups excluding carboxylic acids is 1. The van der Waals surface area contributed by atoms with Gasteiger partial charge < -0.3 is 26.4 Å². The van der Waals surface area contributed by atoms with Crippen LogP contribution in [0.5, 0.6) is 0 Å².